The summed E-state index contributed by atoms with van der Waals surface area (Å²) in [6.07, 6.45) is -54.5. The molecule has 0 saturated carbocycles. The smallest absolute Gasteiger partial charge is 0.187 e. The Hall–Kier alpha value is 1.64. The average Bonchev–Trinajstić information content (AvgIpc) is 3.40. The van der Waals surface area contributed by atoms with E-state index in [1.54, 1.807) is 34.6 Å². The molecule has 18 N–H and O–H groups in total. The van der Waals surface area contributed by atoms with Gasteiger partial charge in [-0.3, -0.25) is 0 Å². The molecule has 31 nitrogen and oxygen atoms in total. The second-order valence-electron chi connectivity index (χ2n) is 22.4. The zero-order chi connectivity index (χ0) is 57.7. The van der Waals surface area contributed by atoms with Crippen molar-refractivity contribution in [2.24, 2.45) is 11.3 Å². The molecule has 7 saturated heterocycles. The largest absolute Gasteiger partial charge is 0.670 e. The summed E-state index contributed by atoms with van der Waals surface area (Å²) in [5, 5.41) is 174. The summed E-state index contributed by atoms with van der Waals surface area (Å²) < 4.78 is 78.1. The van der Waals surface area contributed by atoms with Crippen LogP contribution in [0.5, 0.6) is 0 Å². The van der Waals surface area contributed by atoms with E-state index in [1.807, 2.05) is 0 Å². The molecular weight excluding hydrogens is 1510 g/mol. The summed E-state index contributed by atoms with van der Waals surface area (Å²) >= 11 is 0. The van der Waals surface area contributed by atoms with Gasteiger partial charge in [-0.05, 0) is 26.2 Å². The van der Waals surface area contributed by atoms with Gasteiger partial charge in [0.25, 0.3) is 0 Å². The maximum absolute atomic E-state index is 12.1. The van der Waals surface area contributed by atoms with E-state index in [2.05, 4.69) is 0 Å². The third kappa shape index (κ3) is 15.3. The zero-order valence-corrected chi connectivity index (χ0v) is 54.6. The van der Waals surface area contributed by atoms with Crippen LogP contribution in [0.4, 0.5) is 0 Å². The topological polar surface area (TPSA) is 491 Å². The van der Waals surface area contributed by atoms with Crippen LogP contribution >= 0.6 is 0 Å². The van der Waals surface area contributed by atoms with Crippen molar-refractivity contribution in [2.75, 3.05) is 26.4 Å². The minimum atomic E-state index is -2.16. The van der Waals surface area contributed by atoms with E-state index < -0.39 is 246 Å². The van der Waals surface area contributed by atoms with Crippen molar-refractivity contribution in [3.05, 3.63) is 11.5 Å². The van der Waals surface area contributed by atoms with Crippen LogP contribution in [0.25, 0.3) is 11.5 Å². The minimum absolute atomic E-state index is 0. The van der Waals surface area contributed by atoms with Crippen molar-refractivity contribution < 1.29 is 231 Å². The molecule has 33 heteroatoms. The van der Waals surface area contributed by atoms with Gasteiger partial charge in [0, 0.05) is 100 Å². The van der Waals surface area contributed by atoms with E-state index in [4.69, 9.17) is 61.6 Å². The first-order valence-corrected chi connectivity index (χ1v) is 26.1. The van der Waals surface area contributed by atoms with Crippen LogP contribution in [0.3, 0.4) is 0 Å². The Balaban J connectivity index is 0.00000588. The van der Waals surface area contributed by atoms with E-state index in [-0.39, 0.29) is 88.1 Å². The van der Waals surface area contributed by atoms with Crippen molar-refractivity contribution in [3.8, 4) is 0 Å². The van der Waals surface area contributed by atoms with Crippen molar-refractivity contribution >= 4 is 0 Å². The predicted molar refractivity (Wildman–Crippen MR) is 252 cm³/mol. The van der Waals surface area contributed by atoms with Gasteiger partial charge in [0.1, 0.15) is 122 Å². The van der Waals surface area contributed by atoms with Gasteiger partial charge >= 0.3 is 0 Å². The number of rotatable bonds is 16. The van der Waals surface area contributed by atoms with Crippen LogP contribution in [0.15, 0.2) is 0 Å². The SMILES string of the molecule is CC1O[C@H](OC2C([NH-])[C@H](OC3C(O)[C@H](O[C@H]4C(CO)O[C@@H](C(C)(C)C)C([NH-])C4O[C@H]4OC(C)[C@@H](O)C(O)C4O)OC(CO)[C@@H]3O)OC(CO)[C@@H]2O[C@@H]2OC(CO)[C@H](O)C(O)C2O[C@@H]2OC(C)[C@H](O)C(O)C2O)C(O)C(O)[C@@H]1C.[Ac].[Ac]. The van der Waals surface area contributed by atoms with Crippen molar-refractivity contribution in [2.45, 2.75) is 257 Å². The quantitative estimate of drug-likeness (QED) is 0.0682. The number of hydrogen-bond donors (Lipinski definition) is 16. The Kier molecular flexibility index (Phi) is 27.5. The summed E-state index contributed by atoms with van der Waals surface area (Å²) in [5.74, 6) is -0.656. The van der Waals surface area contributed by atoms with Gasteiger partial charge in [0.05, 0.1) is 63.1 Å². The number of aliphatic hydroxyl groups excluding tert-OH is 16. The first-order chi connectivity index (χ1) is 36.6. The molecule has 7 fully saturated rings. The first kappa shape index (κ1) is 72.4. The summed E-state index contributed by atoms with van der Waals surface area (Å²) in [5.41, 5.74) is 18.1. The Morgan fingerprint density at radius 2 is 0.688 bits per heavy atom. The Bertz CT molecular complexity index is 1880. The molecule has 462 valence electrons. The van der Waals surface area contributed by atoms with Crippen LogP contribution in [0, 0.1) is 99.5 Å². The predicted octanol–water partition coefficient (Wildman–Crippen LogP) is -7.70. The van der Waals surface area contributed by atoms with Crippen LogP contribution in [-0.4, -0.2) is 317 Å². The summed E-state index contributed by atoms with van der Waals surface area (Å²) in [4.78, 5) is 0. The van der Waals surface area contributed by atoms with Gasteiger partial charge in [-0.1, -0.05) is 39.8 Å². The fourth-order valence-electron chi connectivity index (χ4n) is 10.7. The van der Waals surface area contributed by atoms with Crippen LogP contribution < -0.4 is 0 Å². The normalized spacial score (nSPS) is 52.4. The molecular formula is C47H82Ac2N2O29-2. The van der Waals surface area contributed by atoms with Gasteiger partial charge in [0.2, 0.25) is 0 Å². The zero-order valence-electron chi connectivity index (χ0n) is 45.2. The first-order valence-electron chi connectivity index (χ1n) is 26.1. The Labute approximate surface area is 532 Å². The fraction of sp³-hybridized carbons (Fsp3) is 1.00. The Morgan fingerprint density at radius 3 is 1.18 bits per heavy atom. The molecule has 0 aliphatic carbocycles. The fourth-order valence-corrected chi connectivity index (χ4v) is 10.7. The van der Waals surface area contributed by atoms with Crippen molar-refractivity contribution in [1.29, 1.82) is 0 Å². The molecule has 0 aromatic heterocycles. The molecule has 7 aliphatic heterocycles. The molecule has 35 atom stereocenters. The molecule has 80 heavy (non-hydrogen) atoms. The van der Waals surface area contributed by atoms with E-state index in [1.165, 1.54) is 13.8 Å². The molecule has 7 rings (SSSR count). The maximum atomic E-state index is 12.1. The summed E-state index contributed by atoms with van der Waals surface area (Å²) in [6.45, 7) is 7.36. The molecule has 0 amide bonds. The molecule has 0 aromatic rings. The van der Waals surface area contributed by atoms with Crippen LogP contribution in [0.1, 0.15) is 48.5 Å². The van der Waals surface area contributed by atoms with Gasteiger partial charge in [-0.15, -0.1) is 0 Å². The molecule has 21 unspecified atom stereocenters. The molecule has 0 aromatic carbocycles. The van der Waals surface area contributed by atoms with E-state index >= 15 is 0 Å². The van der Waals surface area contributed by atoms with E-state index in [0.717, 1.165) is 0 Å². The summed E-state index contributed by atoms with van der Waals surface area (Å²) in [6, 6.07) is -3.43. The van der Waals surface area contributed by atoms with Gasteiger partial charge in [-0.25, -0.2) is 0 Å². The van der Waals surface area contributed by atoms with Crippen molar-refractivity contribution in [3.63, 3.8) is 0 Å². The molecule has 0 spiro atoms. The van der Waals surface area contributed by atoms with Gasteiger partial charge in [0.15, 0.2) is 31.5 Å². The molecule has 0 bridgehead atoms. The monoisotopic (exact) mass is 1590 g/mol. The number of nitrogens with one attached hydrogen (secondary N) is 2. The van der Waals surface area contributed by atoms with Crippen molar-refractivity contribution in [1.82, 2.24) is 0 Å². The number of ether oxygens (including phenoxy) is 13. The number of aliphatic hydroxyl groups is 16. The minimum Gasteiger partial charge on any atom is -0.670 e. The average molecular weight is 1590 g/mol. The van der Waals surface area contributed by atoms with Crippen LogP contribution in [-0.2, 0) is 61.6 Å². The Morgan fingerprint density at radius 1 is 0.325 bits per heavy atom. The second-order valence-corrected chi connectivity index (χ2v) is 22.4. The van der Waals surface area contributed by atoms with Crippen LogP contribution in [0.2, 0.25) is 0 Å². The standard InChI is InChI=1S/C47H82N2O29.2Ac/c1-12-13(2)66-42(30(62)22(12)54)76-37-21(49)41(72-19(11-53)35(37)74-46-39(29(61)25(57)16(8-50)71-46)78-44-32(64)28(60)24(56)15(4)68-44)77-38-26(58)17(9-51)70-45(33(38)65)73-34-18(10-52)69-40(47(5,6)7)20(48)36(34)75-43-31(63)27(59)23(55)14(3)67-43;;/h12-46,48-65H,8-11H2,1-7H3;;/q-2;;/t12-,13?,14?,15?,16?,17?,18?,19?,20?,21?,22?,23-,24+,25+,26+,27?,28?,29?,30?,31?,32?,33?,34+,35+,36?,37?,38?,39?,40-,41+,42-,43-,44+,45+,46+;;/m1../s1. The molecule has 7 aliphatic rings. The number of hydrogen-bond acceptors (Lipinski definition) is 29. The van der Waals surface area contributed by atoms with E-state index in [9.17, 15) is 93.2 Å². The molecule has 7 heterocycles. The third-order valence-electron chi connectivity index (χ3n) is 15.8. The summed E-state index contributed by atoms with van der Waals surface area (Å²) in [7, 11) is 0. The van der Waals surface area contributed by atoms with Gasteiger partial charge in [-0.2, -0.15) is 0 Å². The maximum Gasteiger partial charge on any atom is 0.187 e. The third-order valence-corrected chi connectivity index (χ3v) is 15.8. The van der Waals surface area contributed by atoms with Gasteiger partial charge < -0.3 is 155 Å². The second kappa shape index (κ2) is 30.4. The van der Waals surface area contributed by atoms with E-state index in [0.29, 0.717) is 0 Å². The molecule has 2 radical (unpaired) electrons.